The number of aromatic amines is 1. The Morgan fingerprint density at radius 2 is 2.37 bits per heavy atom. The van der Waals surface area contributed by atoms with E-state index < -0.39 is 36.8 Å². The van der Waals surface area contributed by atoms with Gasteiger partial charge in [0.25, 0.3) is 5.95 Å². The molecule has 0 spiro atoms. The van der Waals surface area contributed by atoms with Gasteiger partial charge in [-0.15, -0.1) is 0 Å². The van der Waals surface area contributed by atoms with Crippen LogP contribution in [0.4, 0.5) is 10.3 Å². The average Bonchev–Trinajstić information content (AvgIpc) is 3.14. The highest BCUT2D eigenvalue weighted by Crippen LogP contribution is 2.40. The first kappa shape index (κ1) is 19.3. The number of nitrogens with two attached hydrogens (primary N) is 1. The first-order valence-corrected chi connectivity index (χ1v) is 8.12. The first-order valence-electron chi connectivity index (χ1n) is 7.71. The second kappa shape index (κ2) is 7.25. The molecule has 0 saturated carbocycles. The van der Waals surface area contributed by atoms with E-state index in [2.05, 4.69) is 37.1 Å². The third kappa shape index (κ3) is 3.17. The Labute approximate surface area is 156 Å². The van der Waals surface area contributed by atoms with Crippen LogP contribution in [0.2, 0.25) is 0 Å². The van der Waals surface area contributed by atoms with Crippen molar-refractivity contribution in [3.63, 3.8) is 0 Å². The molecule has 6 N–H and O–H groups in total. The second-order valence-electron chi connectivity index (χ2n) is 5.83. The van der Waals surface area contributed by atoms with Crippen molar-refractivity contribution < 1.29 is 24.4 Å². The maximum atomic E-state index is 12.6. The van der Waals surface area contributed by atoms with E-state index in [4.69, 9.17) is 22.8 Å². The molecule has 1 unspecified atom stereocenters. The highest BCUT2D eigenvalue weighted by atomic mass is 32.1. The maximum Gasteiger partial charge on any atom is 0.251 e. The Morgan fingerprint density at radius 3 is 3.00 bits per heavy atom. The monoisotopic (exact) mass is 397 g/mol. The summed E-state index contributed by atoms with van der Waals surface area (Å²) in [7, 11) is 0. The fraction of sp³-hybridized carbons (Fsp3) is 0.500. The highest BCUT2D eigenvalue weighted by Gasteiger charge is 2.57. The Balaban J connectivity index is 2.19. The number of hydrogen-bond acceptors (Lipinski definition) is 9. The Kier molecular flexibility index (Phi) is 5.18. The fourth-order valence-electron chi connectivity index (χ4n) is 2.89. The van der Waals surface area contributed by atoms with Gasteiger partial charge in [0.1, 0.15) is 30.0 Å². The summed E-state index contributed by atoms with van der Waals surface area (Å²) in [6.45, 7) is 0.335. The van der Waals surface area contributed by atoms with Gasteiger partial charge in [-0.3, -0.25) is 4.57 Å². The predicted octanol–water partition coefficient (Wildman–Crippen LogP) is -0.211. The number of fused-ring (bicyclic) bond motifs is 1. The molecule has 0 aromatic carbocycles. The standard InChI is InChI=1S/C14H16FN7O4S/c1-6(23)8-9(24)14(25,3-2-4-15)12(26-8)22-5-17-7-10(22)18-13(20-21-16)19-11(7)27/h5-6,8-9,12,23-25H,4H2,1H3,(H3,16,18,19,20,27)/t6-,8+,9?,12+,14+/m0/s1. The molecule has 0 bridgehead atoms. The molecule has 0 amide bonds. The van der Waals surface area contributed by atoms with Crippen LogP contribution in [0.3, 0.4) is 0 Å². The Morgan fingerprint density at radius 1 is 1.63 bits per heavy atom. The molecule has 1 aliphatic rings. The second-order valence-corrected chi connectivity index (χ2v) is 6.22. The maximum absolute atomic E-state index is 12.6. The number of H-pyrrole nitrogens is 1. The molecule has 1 saturated heterocycles. The minimum atomic E-state index is -2.23. The molecule has 2 aromatic heterocycles. The summed E-state index contributed by atoms with van der Waals surface area (Å²) in [5.41, 5.74) is -1.75. The van der Waals surface area contributed by atoms with Crippen molar-refractivity contribution >= 4 is 29.3 Å². The average molecular weight is 397 g/mol. The van der Waals surface area contributed by atoms with Crippen LogP contribution in [0.5, 0.6) is 0 Å². The zero-order chi connectivity index (χ0) is 19.8. The van der Waals surface area contributed by atoms with Gasteiger partial charge in [0.05, 0.1) is 12.4 Å². The van der Waals surface area contributed by atoms with Gasteiger partial charge in [-0.25, -0.2) is 9.37 Å². The highest BCUT2D eigenvalue weighted by molar-refractivity contribution is 7.71. The van der Waals surface area contributed by atoms with Crippen LogP contribution in [0.1, 0.15) is 13.2 Å². The van der Waals surface area contributed by atoms with Crippen molar-refractivity contribution in [1.29, 1.82) is 0 Å². The molecule has 1 fully saturated rings. The number of aliphatic hydroxyl groups is 3. The Bertz CT molecular complexity index is 997. The predicted molar refractivity (Wildman–Crippen MR) is 91.7 cm³/mol. The van der Waals surface area contributed by atoms with Crippen LogP contribution < -0.4 is 5.84 Å². The smallest absolute Gasteiger partial charge is 0.251 e. The summed E-state index contributed by atoms with van der Waals surface area (Å²) >= 11 is 5.14. The molecular weight excluding hydrogens is 381 g/mol. The van der Waals surface area contributed by atoms with E-state index in [-0.39, 0.29) is 21.8 Å². The van der Waals surface area contributed by atoms with Gasteiger partial charge in [0.15, 0.2) is 16.5 Å². The van der Waals surface area contributed by atoms with Gasteiger partial charge in [-0.1, -0.05) is 34.4 Å². The SMILES string of the molecule is C[C@H](O)[C@H]1O[C@@H](n2cnc3c(=S)nc(N=NN)[nH]c32)[C@@](O)(C#CCF)C1O. The lowest BCUT2D eigenvalue weighted by molar-refractivity contribution is -0.0847. The van der Waals surface area contributed by atoms with E-state index in [1.807, 2.05) is 0 Å². The van der Waals surface area contributed by atoms with Crippen molar-refractivity contribution in [2.24, 2.45) is 16.2 Å². The summed E-state index contributed by atoms with van der Waals surface area (Å²) < 4.78 is 19.6. The van der Waals surface area contributed by atoms with Gasteiger partial charge >= 0.3 is 0 Å². The van der Waals surface area contributed by atoms with Gasteiger partial charge in [-0.05, 0) is 6.92 Å². The molecule has 13 heteroatoms. The van der Waals surface area contributed by atoms with Crippen LogP contribution in [-0.4, -0.2) is 65.4 Å². The van der Waals surface area contributed by atoms with Crippen LogP contribution in [0.25, 0.3) is 11.2 Å². The molecule has 27 heavy (non-hydrogen) atoms. The van der Waals surface area contributed by atoms with E-state index in [0.717, 1.165) is 0 Å². The third-order valence-electron chi connectivity index (χ3n) is 4.09. The van der Waals surface area contributed by atoms with Crippen LogP contribution >= 0.6 is 12.2 Å². The summed E-state index contributed by atoms with van der Waals surface area (Å²) in [6, 6.07) is 0. The number of alkyl halides is 1. The number of aliphatic hydroxyl groups excluding tert-OH is 2. The van der Waals surface area contributed by atoms with E-state index in [1.165, 1.54) is 17.8 Å². The van der Waals surface area contributed by atoms with E-state index in [9.17, 15) is 19.7 Å². The van der Waals surface area contributed by atoms with Crippen LogP contribution in [0.15, 0.2) is 16.7 Å². The normalized spacial score (nSPS) is 29.1. The van der Waals surface area contributed by atoms with Crippen molar-refractivity contribution in [3.8, 4) is 11.8 Å². The summed E-state index contributed by atoms with van der Waals surface area (Å²) in [6.07, 6.45) is -4.01. The van der Waals surface area contributed by atoms with Crippen molar-refractivity contribution in [2.75, 3.05) is 6.67 Å². The number of hydrogen-bond donors (Lipinski definition) is 5. The summed E-state index contributed by atoms with van der Waals surface area (Å²) in [5.74, 6) is 9.36. The van der Waals surface area contributed by atoms with E-state index in [1.54, 1.807) is 0 Å². The molecule has 1 aliphatic heterocycles. The zero-order valence-electron chi connectivity index (χ0n) is 13.9. The lowest BCUT2D eigenvalue weighted by atomic mass is 9.93. The number of ether oxygens (including phenoxy) is 1. The number of nitrogens with one attached hydrogen (secondary N) is 1. The molecular formula is C14H16FN7O4S. The van der Waals surface area contributed by atoms with Crippen LogP contribution in [-0.2, 0) is 4.74 Å². The number of rotatable bonds is 3. The number of nitrogens with zero attached hydrogens (tertiary/aromatic N) is 5. The zero-order valence-corrected chi connectivity index (χ0v) is 14.8. The Hall–Kier alpha value is -2.50. The molecule has 3 heterocycles. The molecule has 11 nitrogen and oxygen atoms in total. The van der Waals surface area contributed by atoms with Gasteiger partial charge < -0.3 is 30.9 Å². The van der Waals surface area contributed by atoms with E-state index in [0.29, 0.717) is 0 Å². The largest absolute Gasteiger partial charge is 0.391 e. The van der Waals surface area contributed by atoms with Gasteiger partial charge in [0, 0.05) is 0 Å². The van der Waals surface area contributed by atoms with Crippen molar-refractivity contribution in [1.82, 2.24) is 19.5 Å². The minimum Gasteiger partial charge on any atom is -0.391 e. The third-order valence-corrected chi connectivity index (χ3v) is 4.38. The van der Waals surface area contributed by atoms with Gasteiger partial charge in [0.2, 0.25) is 0 Å². The van der Waals surface area contributed by atoms with Crippen molar-refractivity contribution in [2.45, 2.75) is 37.1 Å². The molecule has 144 valence electrons. The van der Waals surface area contributed by atoms with Crippen molar-refractivity contribution in [3.05, 3.63) is 11.0 Å². The van der Waals surface area contributed by atoms with Crippen LogP contribution in [0, 0.1) is 16.5 Å². The van der Waals surface area contributed by atoms with Gasteiger partial charge in [-0.2, -0.15) is 4.98 Å². The number of halogens is 1. The fourth-order valence-corrected chi connectivity index (χ4v) is 3.13. The summed E-state index contributed by atoms with van der Waals surface area (Å²) in [4.78, 5) is 10.8. The number of aromatic nitrogens is 4. The first-order chi connectivity index (χ1) is 12.8. The molecule has 0 aliphatic carbocycles. The molecule has 3 rings (SSSR count). The lowest BCUT2D eigenvalue weighted by Crippen LogP contribution is -2.47. The minimum absolute atomic E-state index is 0.0271. The lowest BCUT2D eigenvalue weighted by Gasteiger charge is -2.26. The molecule has 0 radical (unpaired) electrons. The quantitative estimate of drug-likeness (QED) is 0.156. The van der Waals surface area contributed by atoms with E-state index >= 15 is 0 Å². The number of imidazole rings is 1. The summed E-state index contributed by atoms with van der Waals surface area (Å²) in [5, 5.41) is 37.9. The molecule has 5 atom stereocenters. The molecule has 2 aromatic rings. The topological polar surface area (TPSA) is 167 Å².